The molecule has 164 valence electrons. The molecule has 1 unspecified atom stereocenters. The average Bonchev–Trinajstić information content (AvgIpc) is 3.32. The number of H-pyrrole nitrogens is 2. The Balaban J connectivity index is 0.000000535. The van der Waals surface area contributed by atoms with E-state index >= 15 is 0 Å². The summed E-state index contributed by atoms with van der Waals surface area (Å²) in [5.41, 5.74) is 5.03. The van der Waals surface area contributed by atoms with Gasteiger partial charge in [-0.1, -0.05) is 0 Å². The van der Waals surface area contributed by atoms with E-state index < -0.39 is 10.9 Å². The fraction of sp³-hybridized carbons (Fsp3) is 0.350. The van der Waals surface area contributed by atoms with Crippen LogP contribution in [0.25, 0.3) is 33.5 Å². The second-order valence-electron chi connectivity index (χ2n) is 7.47. The first-order chi connectivity index (χ1) is 14.9. The predicted octanol–water partition coefficient (Wildman–Crippen LogP) is 1.81. The molecule has 4 aromatic heterocycles. The number of thiol groups is 1. The Morgan fingerprint density at radius 2 is 2.00 bits per heavy atom. The molecular formula is C20H25N7O3S. The minimum absolute atomic E-state index is 0.268. The zero-order chi connectivity index (χ0) is 22.1. The van der Waals surface area contributed by atoms with Crippen LogP contribution in [-0.4, -0.2) is 59.1 Å². The second kappa shape index (κ2) is 8.61. The fourth-order valence-electron chi connectivity index (χ4n) is 3.87. The molecule has 5 heterocycles. The summed E-state index contributed by atoms with van der Waals surface area (Å²) in [5, 5.41) is 6.19. The van der Waals surface area contributed by atoms with Gasteiger partial charge in [-0.05, 0) is 38.5 Å². The topological polar surface area (TPSA) is 143 Å². The minimum Gasteiger partial charge on any atom is -0.377 e. The molecule has 4 N–H and O–H groups in total. The highest BCUT2D eigenvalue weighted by atomic mass is 32.2. The van der Waals surface area contributed by atoms with Crippen LogP contribution in [0.4, 0.5) is 5.82 Å². The third-order valence-electron chi connectivity index (χ3n) is 5.47. The molecule has 1 aliphatic rings. The number of pyridine rings is 1. The number of anilines is 1. The van der Waals surface area contributed by atoms with Crippen molar-refractivity contribution in [1.82, 2.24) is 24.9 Å². The van der Waals surface area contributed by atoms with Gasteiger partial charge in [-0.2, -0.15) is 0 Å². The van der Waals surface area contributed by atoms with Crippen LogP contribution in [0.3, 0.4) is 0 Å². The number of hydrogen-bond donors (Lipinski definition) is 4. The van der Waals surface area contributed by atoms with Gasteiger partial charge in [0.25, 0.3) is 0 Å². The summed E-state index contributed by atoms with van der Waals surface area (Å²) in [7, 11) is -2.62. The van der Waals surface area contributed by atoms with Crippen LogP contribution in [0.2, 0.25) is 0 Å². The number of nitrogens with one attached hydrogen (secondary N) is 2. The molecule has 0 aliphatic carbocycles. The Morgan fingerprint density at radius 3 is 2.74 bits per heavy atom. The van der Waals surface area contributed by atoms with E-state index in [4.69, 9.17) is 23.1 Å². The monoisotopic (exact) mass is 443 g/mol. The molecule has 1 atom stereocenters. The lowest BCUT2D eigenvalue weighted by atomic mass is 10.1. The highest BCUT2D eigenvalue weighted by Gasteiger charge is 2.26. The van der Waals surface area contributed by atoms with Crippen LogP contribution in [0.5, 0.6) is 0 Å². The van der Waals surface area contributed by atoms with E-state index in [0.29, 0.717) is 19.0 Å². The molecule has 1 aliphatic heterocycles. The Labute approximate surface area is 180 Å². The number of nitrogens with zero attached hydrogens (tertiary/aromatic N) is 4. The van der Waals surface area contributed by atoms with E-state index in [0.717, 1.165) is 45.7 Å². The van der Waals surface area contributed by atoms with Crippen LogP contribution in [-0.2, 0) is 15.6 Å². The number of rotatable bonds is 2. The second-order valence-corrected chi connectivity index (χ2v) is 8.04. The Bertz CT molecular complexity index is 1300. The van der Waals surface area contributed by atoms with Gasteiger partial charge in [0, 0.05) is 35.6 Å². The van der Waals surface area contributed by atoms with Gasteiger partial charge in [-0.3, -0.25) is 0 Å². The molecule has 4 aromatic rings. The number of ether oxygens (including phenoxy) is 1. The lowest BCUT2D eigenvalue weighted by molar-refractivity contribution is 0.0987. The van der Waals surface area contributed by atoms with Gasteiger partial charge in [-0.25, -0.2) is 28.5 Å². The van der Waals surface area contributed by atoms with E-state index in [1.165, 1.54) is 5.56 Å². The Morgan fingerprint density at radius 1 is 1.23 bits per heavy atom. The molecule has 1 saturated heterocycles. The van der Waals surface area contributed by atoms with Crippen molar-refractivity contribution in [2.24, 2.45) is 5.14 Å². The van der Waals surface area contributed by atoms with E-state index in [1.54, 1.807) is 6.20 Å². The maximum Gasteiger partial charge on any atom is 0.198 e. The number of aromatic nitrogens is 5. The van der Waals surface area contributed by atoms with E-state index in [1.807, 2.05) is 18.3 Å². The van der Waals surface area contributed by atoms with E-state index in [2.05, 4.69) is 45.8 Å². The number of hydrogen-bond acceptors (Lipinski definition) is 7. The van der Waals surface area contributed by atoms with E-state index in [-0.39, 0.29) is 6.04 Å². The van der Waals surface area contributed by atoms with Crippen molar-refractivity contribution in [3.8, 4) is 11.4 Å². The van der Waals surface area contributed by atoms with Crippen molar-refractivity contribution in [2.45, 2.75) is 26.8 Å². The standard InChI is InChI=1S/C20H22N6O.H3NO2S/c1-11-10-27-9-8-26(11)20-16-12(2)13(3)23-19(16)24-18(25-20)15-5-7-22-17-14(15)4-6-21-17;1-4(2)3/h4-7,11H,8-10H2,1-3H3,(H,21,22)(H,23,24,25);4H,(H2,1,2,3). The van der Waals surface area contributed by atoms with Crippen LogP contribution in [0, 0.1) is 13.8 Å². The summed E-state index contributed by atoms with van der Waals surface area (Å²) in [6.07, 6.45) is 3.69. The van der Waals surface area contributed by atoms with E-state index in [9.17, 15) is 0 Å². The molecule has 10 nitrogen and oxygen atoms in total. The number of fused-ring (bicyclic) bond motifs is 2. The fourth-order valence-corrected chi connectivity index (χ4v) is 3.87. The summed E-state index contributed by atoms with van der Waals surface area (Å²) >= 11 is 0. The number of aryl methyl sites for hydroxylation is 2. The first-order valence-electron chi connectivity index (χ1n) is 9.89. The lowest BCUT2D eigenvalue weighted by Gasteiger charge is -2.34. The van der Waals surface area contributed by atoms with Crippen molar-refractivity contribution in [1.29, 1.82) is 0 Å². The average molecular weight is 444 g/mol. The summed E-state index contributed by atoms with van der Waals surface area (Å²) in [5.74, 6) is 1.69. The number of aromatic amines is 2. The van der Waals surface area contributed by atoms with Gasteiger partial charge >= 0.3 is 0 Å². The molecule has 0 bridgehead atoms. The quantitative estimate of drug-likeness (QED) is 0.346. The van der Waals surface area contributed by atoms with Crippen molar-refractivity contribution in [3.05, 3.63) is 35.8 Å². The normalized spacial score (nSPS) is 16.7. The molecule has 0 radical (unpaired) electrons. The molecule has 1 fully saturated rings. The molecule has 5 rings (SSSR count). The zero-order valence-electron chi connectivity index (χ0n) is 17.5. The van der Waals surface area contributed by atoms with Crippen molar-refractivity contribution >= 4 is 38.8 Å². The highest BCUT2D eigenvalue weighted by Crippen LogP contribution is 2.34. The molecule has 0 saturated carbocycles. The molecular weight excluding hydrogens is 418 g/mol. The maximum absolute atomic E-state index is 8.81. The van der Waals surface area contributed by atoms with Crippen molar-refractivity contribution < 1.29 is 13.2 Å². The van der Waals surface area contributed by atoms with Crippen molar-refractivity contribution in [2.75, 3.05) is 24.7 Å². The first-order valence-corrected chi connectivity index (χ1v) is 11.1. The first kappa shape index (κ1) is 21.2. The zero-order valence-corrected chi connectivity index (χ0v) is 18.4. The number of nitrogens with two attached hydrogens (primary N) is 1. The van der Waals surface area contributed by atoms with Gasteiger partial charge in [0.1, 0.15) is 17.1 Å². The largest absolute Gasteiger partial charge is 0.377 e. The third kappa shape index (κ3) is 4.11. The third-order valence-corrected chi connectivity index (χ3v) is 5.47. The Kier molecular flexibility index (Phi) is 5.90. The smallest absolute Gasteiger partial charge is 0.198 e. The van der Waals surface area contributed by atoms with Gasteiger partial charge in [0.2, 0.25) is 0 Å². The number of morpholine rings is 1. The van der Waals surface area contributed by atoms with Crippen LogP contribution < -0.4 is 10.0 Å². The summed E-state index contributed by atoms with van der Waals surface area (Å²) in [4.78, 5) is 23.2. The van der Waals surface area contributed by atoms with Gasteiger partial charge in [-0.15, -0.1) is 0 Å². The highest BCUT2D eigenvalue weighted by molar-refractivity contribution is 7.69. The molecule has 0 spiro atoms. The van der Waals surface area contributed by atoms with Gasteiger partial charge in [0.15, 0.2) is 16.7 Å². The molecule has 11 heteroatoms. The SMILES string of the molecule is Cc1[nH]c2nc(-c3ccnc4[nH]ccc34)nc(N3CCOCC3C)c2c1C.N[SH](=O)=O. The van der Waals surface area contributed by atoms with Gasteiger partial charge < -0.3 is 19.6 Å². The summed E-state index contributed by atoms with van der Waals surface area (Å²) in [6, 6.07) is 4.27. The minimum atomic E-state index is -2.62. The lowest BCUT2D eigenvalue weighted by Crippen LogP contribution is -2.44. The maximum atomic E-state index is 8.81. The predicted molar refractivity (Wildman–Crippen MR) is 121 cm³/mol. The van der Waals surface area contributed by atoms with Crippen LogP contribution in [0.1, 0.15) is 18.2 Å². The van der Waals surface area contributed by atoms with Crippen LogP contribution >= 0.6 is 0 Å². The molecule has 31 heavy (non-hydrogen) atoms. The van der Waals surface area contributed by atoms with Crippen LogP contribution in [0.15, 0.2) is 24.5 Å². The Hall–Kier alpha value is -3.02. The molecule has 0 amide bonds. The molecule has 0 aromatic carbocycles. The summed E-state index contributed by atoms with van der Waals surface area (Å²) < 4.78 is 23.3. The van der Waals surface area contributed by atoms with Crippen molar-refractivity contribution in [3.63, 3.8) is 0 Å². The summed E-state index contributed by atoms with van der Waals surface area (Å²) in [6.45, 7) is 8.64. The van der Waals surface area contributed by atoms with Gasteiger partial charge in [0.05, 0.1) is 24.6 Å².